The Bertz CT molecular complexity index is 923. The maximum absolute atomic E-state index is 12.2. The van der Waals surface area contributed by atoms with Crippen LogP contribution >= 0.6 is 11.3 Å². The van der Waals surface area contributed by atoms with Gasteiger partial charge in [0.05, 0.1) is 4.92 Å². The molecule has 1 aromatic heterocycles. The minimum absolute atomic E-state index is 0.0223. The molecule has 0 saturated carbocycles. The molecule has 0 aliphatic carbocycles. The Labute approximate surface area is 136 Å². The molecule has 0 unspecified atom stereocenters. The zero-order valence-corrected chi connectivity index (χ0v) is 13.2. The lowest BCUT2D eigenvalue weighted by atomic mass is 10.1. The molecule has 0 saturated heterocycles. The second-order valence-corrected chi connectivity index (χ2v) is 6.17. The predicted octanol–water partition coefficient (Wildman–Crippen LogP) is 5.01. The van der Waals surface area contributed by atoms with E-state index in [2.05, 4.69) is 12.1 Å². The van der Waals surface area contributed by atoms with Crippen molar-refractivity contribution in [3.63, 3.8) is 0 Å². The SMILES string of the molecule is Cc1c(/C=C/C(=O)c2ccc([N+](=O)[O-])cc2)sc2ccccc12. The molecule has 0 spiro atoms. The normalized spacial score (nSPS) is 11.2. The van der Waals surface area contributed by atoms with Gasteiger partial charge in [-0.1, -0.05) is 18.2 Å². The number of aryl methyl sites for hydroxylation is 1. The van der Waals surface area contributed by atoms with Gasteiger partial charge in [0, 0.05) is 27.3 Å². The number of nitro benzene ring substituents is 1. The van der Waals surface area contributed by atoms with Crippen LogP contribution in [0, 0.1) is 17.0 Å². The number of fused-ring (bicyclic) bond motifs is 1. The van der Waals surface area contributed by atoms with Gasteiger partial charge in [0.1, 0.15) is 0 Å². The van der Waals surface area contributed by atoms with Gasteiger partial charge in [-0.25, -0.2) is 0 Å². The molecule has 114 valence electrons. The van der Waals surface area contributed by atoms with Crippen molar-refractivity contribution in [3.05, 3.63) is 80.7 Å². The van der Waals surface area contributed by atoms with Crippen molar-refractivity contribution in [1.29, 1.82) is 0 Å². The van der Waals surface area contributed by atoms with Gasteiger partial charge in [-0.3, -0.25) is 14.9 Å². The molecule has 5 heteroatoms. The van der Waals surface area contributed by atoms with Gasteiger partial charge in [-0.15, -0.1) is 11.3 Å². The van der Waals surface area contributed by atoms with Crippen molar-refractivity contribution in [2.45, 2.75) is 6.92 Å². The molecule has 4 nitrogen and oxygen atoms in total. The number of benzene rings is 2. The van der Waals surface area contributed by atoms with Crippen LogP contribution in [0.2, 0.25) is 0 Å². The van der Waals surface area contributed by atoms with Crippen LogP contribution in [0.5, 0.6) is 0 Å². The molecular weight excluding hydrogens is 310 g/mol. The summed E-state index contributed by atoms with van der Waals surface area (Å²) in [6.07, 6.45) is 3.32. The molecule has 0 bridgehead atoms. The highest BCUT2D eigenvalue weighted by molar-refractivity contribution is 7.20. The maximum Gasteiger partial charge on any atom is 0.269 e. The van der Waals surface area contributed by atoms with E-state index in [4.69, 9.17) is 0 Å². The fraction of sp³-hybridized carbons (Fsp3) is 0.0556. The zero-order chi connectivity index (χ0) is 16.4. The van der Waals surface area contributed by atoms with Crippen molar-refractivity contribution < 1.29 is 9.72 Å². The smallest absolute Gasteiger partial charge is 0.269 e. The van der Waals surface area contributed by atoms with Crippen LogP contribution in [-0.2, 0) is 0 Å². The van der Waals surface area contributed by atoms with E-state index in [1.54, 1.807) is 11.3 Å². The summed E-state index contributed by atoms with van der Waals surface area (Å²) < 4.78 is 1.19. The van der Waals surface area contributed by atoms with Crippen molar-refractivity contribution in [2.24, 2.45) is 0 Å². The number of allylic oxidation sites excluding steroid dienone is 1. The van der Waals surface area contributed by atoms with E-state index in [0.717, 1.165) is 10.4 Å². The van der Waals surface area contributed by atoms with Gasteiger partial charge in [0.25, 0.3) is 5.69 Å². The first kappa shape index (κ1) is 15.1. The van der Waals surface area contributed by atoms with Crippen molar-refractivity contribution in [3.8, 4) is 0 Å². The largest absolute Gasteiger partial charge is 0.289 e. The Morgan fingerprint density at radius 3 is 2.48 bits per heavy atom. The number of ketones is 1. The van der Waals surface area contributed by atoms with Gasteiger partial charge >= 0.3 is 0 Å². The highest BCUT2D eigenvalue weighted by Gasteiger charge is 2.09. The number of hydrogen-bond donors (Lipinski definition) is 0. The van der Waals surface area contributed by atoms with E-state index < -0.39 is 4.92 Å². The van der Waals surface area contributed by atoms with Gasteiger partial charge in [-0.05, 0) is 48.2 Å². The summed E-state index contributed by atoms with van der Waals surface area (Å²) in [6.45, 7) is 2.04. The number of nitro groups is 1. The van der Waals surface area contributed by atoms with E-state index in [9.17, 15) is 14.9 Å². The first-order valence-electron chi connectivity index (χ1n) is 7.01. The standard InChI is InChI=1S/C18H13NO3S/c1-12-15-4-2-3-5-18(15)23-17(12)11-10-16(20)13-6-8-14(9-7-13)19(21)22/h2-11H,1H3/b11-10+. The molecule has 0 amide bonds. The van der Waals surface area contributed by atoms with Crippen LogP contribution in [0.15, 0.2) is 54.6 Å². The number of rotatable bonds is 4. The first-order valence-corrected chi connectivity index (χ1v) is 7.83. The molecule has 3 rings (SSSR count). The molecule has 0 aliphatic heterocycles. The predicted molar refractivity (Wildman–Crippen MR) is 93.0 cm³/mol. The van der Waals surface area contributed by atoms with Gasteiger partial charge < -0.3 is 0 Å². The molecule has 0 aliphatic rings. The molecule has 0 radical (unpaired) electrons. The minimum Gasteiger partial charge on any atom is -0.289 e. The van der Waals surface area contributed by atoms with Gasteiger partial charge in [0.15, 0.2) is 5.78 Å². The van der Waals surface area contributed by atoms with E-state index >= 15 is 0 Å². The highest BCUT2D eigenvalue weighted by Crippen LogP contribution is 2.31. The Morgan fingerprint density at radius 1 is 1.13 bits per heavy atom. The topological polar surface area (TPSA) is 60.2 Å². The maximum atomic E-state index is 12.2. The van der Waals surface area contributed by atoms with Crippen LogP contribution in [0.3, 0.4) is 0 Å². The number of thiophene rings is 1. The lowest BCUT2D eigenvalue weighted by Gasteiger charge is -1.96. The van der Waals surface area contributed by atoms with E-state index in [1.807, 2.05) is 25.1 Å². The lowest BCUT2D eigenvalue weighted by molar-refractivity contribution is -0.384. The Kier molecular flexibility index (Phi) is 4.04. The zero-order valence-electron chi connectivity index (χ0n) is 12.4. The Hall–Kier alpha value is -2.79. The minimum atomic E-state index is -0.481. The van der Waals surface area contributed by atoms with Gasteiger partial charge in [0.2, 0.25) is 0 Å². The monoisotopic (exact) mass is 323 g/mol. The number of carbonyl (C=O) groups is 1. The molecule has 1 heterocycles. The van der Waals surface area contributed by atoms with Crippen LogP contribution < -0.4 is 0 Å². The summed E-state index contributed by atoms with van der Waals surface area (Å²) in [4.78, 5) is 23.4. The van der Waals surface area contributed by atoms with E-state index in [-0.39, 0.29) is 11.5 Å². The summed E-state index contributed by atoms with van der Waals surface area (Å²) in [7, 11) is 0. The van der Waals surface area contributed by atoms with Crippen LogP contribution in [0.4, 0.5) is 5.69 Å². The summed E-state index contributed by atoms with van der Waals surface area (Å²) >= 11 is 1.64. The molecule has 0 atom stereocenters. The number of hydrogen-bond acceptors (Lipinski definition) is 4. The van der Waals surface area contributed by atoms with Crippen LogP contribution in [0.1, 0.15) is 20.8 Å². The molecule has 23 heavy (non-hydrogen) atoms. The number of nitrogens with zero attached hydrogens (tertiary/aromatic N) is 1. The second kappa shape index (κ2) is 6.14. The Morgan fingerprint density at radius 2 is 1.83 bits per heavy atom. The van der Waals surface area contributed by atoms with Crippen LogP contribution in [0.25, 0.3) is 16.2 Å². The fourth-order valence-electron chi connectivity index (χ4n) is 2.35. The van der Waals surface area contributed by atoms with E-state index in [1.165, 1.54) is 40.4 Å². The number of carbonyl (C=O) groups excluding carboxylic acids is 1. The average molecular weight is 323 g/mol. The highest BCUT2D eigenvalue weighted by atomic mass is 32.1. The summed E-state index contributed by atoms with van der Waals surface area (Å²) in [5, 5.41) is 11.8. The average Bonchev–Trinajstić information content (AvgIpc) is 2.89. The third kappa shape index (κ3) is 3.05. The van der Waals surface area contributed by atoms with E-state index in [0.29, 0.717) is 5.56 Å². The molecule has 0 N–H and O–H groups in total. The van der Waals surface area contributed by atoms with Crippen LogP contribution in [-0.4, -0.2) is 10.7 Å². The second-order valence-electron chi connectivity index (χ2n) is 5.09. The summed E-state index contributed by atoms with van der Waals surface area (Å²) in [5.74, 6) is -0.170. The molecule has 2 aromatic carbocycles. The summed E-state index contributed by atoms with van der Waals surface area (Å²) in [5.41, 5.74) is 1.56. The summed E-state index contributed by atoms with van der Waals surface area (Å²) in [6, 6.07) is 13.7. The third-order valence-corrected chi connectivity index (χ3v) is 4.87. The fourth-order valence-corrected chi connectivity index (χ4v) is 3.46. The lowest BCUT2D eigenvalue weighted by Crippen LogP contribution is -1.95. The van der Waals surface area contributed by atoms with Gasteiger partial charge in [-0.2, -0.15) is 0 Å². The quantitative estimate of drug-likeness (QED) is 0.293. The van der Waals surface area contributed by atoms with Crippen molar-refractivity contribution in [1.82, 2.24) is 0 Å². The van der Waals surface area contributed by atoms with Crippen molar-refractivity contribution >= 4 is 39.0 Å². The third-order valence-electron chi connectivity index (χ3n) is 3.63. The molecule has 3 aromatic rings. The Balaban J connectivity index is 1.84. The van der Waals surface area contributed by atoms with Crippen molar-refractivity contribution in [2.75, 3.05) is 0 Å². The molecule has 0 fully saturated rings. The molecular formula is C18H13NO3S. The number of non-ortho nitro benzene ring substituents is 1. The first-order chi connectivity index (χ1) is 11.1.